The second-order valence-electron chi connectivity index (χ2n) is 27.0. The molecular formula is C67H88ClF3N6O9P2. The van der Waals surface area contributed by atoms with Gasteiger partial charge in [-0.3, -0.25) is 14.2 Å². The molecular weight excluding hydrogens is 1190 g/mol. The number of carbonyl (C=O) groups is 3. The normalized spacial score (nSPS) is 21.8. The minimum Gasteiger partial charge on any atom is -0.441 e. The van der Waals surface area contributed by atoms with Crippen molar-refractivity contribution in [3.63, 3.8) is 0 Å². The largest absolute Gasteiger partial charge is 0.471 e. The van der Waals surface area contributed by atoms with Crippen molar-refractivity contribution in [2.24, 2.45) is 0 Å². The summed E-state index contributed by atoms with van der Waals surface area (Å²) >= 11 is 7.41. The minimum atomic E-state index is -5.05. The number of esters is 1. The lowest BCUT2D eigenvalue weighted by atomic mass is 9.57. The van der Waals surface area contributed by atoms with E-state index in [1.54, 1.807) is 11.0 Å². The van der Waals surface area contributed by atoms with Crippen LogP contribution in [0.1, 0.15) is 216 Å². The van der Waals surface area contributed by atoms with Gasteiger partial charge in [0.25, 0.3) is 8.53 Å². The first-order chi connectivity index (χ1) is 41.9. The highest BCUT2D eigenvalue weighted by Gasteiger charge is 2.60. The highest BCUT2D eigenvalue weighted by atomic mass is 35.5. The molecule has 1 aliphatic carbocycles. The molecule has 6 heterocycles. The molecule has 10 rings (SSSR count). The second kappa shape index (κ2) is 25.0. The van der Waals surface area contributed by atoms with Crippen molar-refractivity contribution in [2.45, 2.75) is 220 Å². The van der Waals surface area contributed by atoms with Crippen LogP contribution in [0.25, 0.3) is 11.1 Å². The number of hydrogen-bond acceptors (Lipinski definition) is 13. The number of benzene rings is 3. The molecule has 3 aromatic rings. The van der Waals surface area contributed by atoms with Gasteiger partial charge < -0.3 is 42.8 Å². The molecule has 0 aromatic heterocycles. The lowest BCUT2D eigenvalue weighted by molar-refractivity contribution is -0.173. The van der Waals surface area contributed by atoms with Crippen LogP contribution in [0.4, 0.5) is 24.5 Å². The van der Waals surface area contributed by atoms with E-state index in [9.17, 15) is 28.0 Å². The predicted octanol–water partition coefficient (Wildman–Crippen LogP) is 14.5. The Balaban J connectivity index is 0.991. The monoisotopic (exact) mass is 1280 g/mol. The van der Waals surface area contributed by atoms with Gasteiger partial charge in [-0.2, -0.15) is 18.4 Å². The number of alkyl halides is 3. The molecule has 7 aliphatic rings. The van der Waals surface area contributed by atoms with Crippen molar-refractivity contribution in [1.29, 1.82) is 5.26 Å². The van der Waals surface area contributed by atoms with Crippen LogP contribution in [-0.4, -0.2) is 115 Å². The molecule has 1 saturated heterocycles. The summed E-state index contributed by atoms with van der Waals surface area (Å²) in [5.74, 6) is -2.81. The maximum atomic E-state index is 16.0. The van der Waals surface area contributed by atoms with Crippen molar-refractivity contribution in [3.8, 4) is 6.07 Å². The Labute approximate surface area is 525 Å². The number of ether oxygens (including phenoxy) is 1. The average molecular weight is 1280 g/mol. The summed E-state index contributed by atoms with van der Waals surface area (Å²) in [6.07, 6.45) is 4.96. The maximum absolute atomic E-state index is 16.0. The molecule has 2 unspecified atom stereocenters. The summed E-state index contributed by atoms with van der Waals surface area (Å²) in [6, 6.07) is 9.55. The summed E-state index contributed by atoms with van der Waals surface area (Å²) in [5, 5.41) is 11.2. The number of likely N-dealkylation sites (tertiary alicyclic amines) is 1. The van der Waals surface area contributed by atoms with Gasteiger partial charge in [-0.25, -0.2) is 9.46 Å². The third-order valence-corrected chi connectivity index (χ3v) is 23.3. The molecule has 2 amide bonds. The lowest BCUT2D eigenvalue weighted by Gasteiger charge is -2.54. The van der Waals surface area contributed by atoms with Crippen molar-refractivity contribution in [1.82, 2.24) is 14.9 Å². The molecule has 3 aromatic carbocycles. The zero-order valence-corrected chi connectivity index (χ0v) is 55.8. The van der Waals surface area contributed by atoms with Gasteiger partial charge in [-0.15, -0.1) is 0 Å². The molecule has 1 spiro atoms. The molecule has 0 radical (unpaired) electrons. The van der Waals surface area contributed by atoms with Crippen LogP contribution >= 0.6 is 27.7 Å². The third kappa shape index (κ3) is 11.9. The highest BCUT2D eigenvalue weighted by Crippen LogP contribution is 2.65. The minimum absolute atomic E-state index is 0.00182. The number of nitrogens with one attached hydrogen (secondary N) is 1. The molecule has 0 bridgehead atoms. The number of rotatable bonds is 22. The smallest absolute Gasteiger partial charge is 0.441 e. The Kier molecular flexibility index (Phi) is 18.4. The molecule has 15 nitrogen and oxygen atoms in total. The molecule has 478 valence electrons. The van der Waals surface area contributed by atoms with E-state index in [2.05, 4.69) is 128 Å². The van der Waals surface area contributed by atoms with Crippen LogP contribution in [0.5, 0.6) is 0 Å². The molecule has 4 atom stereocenters. The number of amides is 2. The number of hydrogen-bond donors (Lipinski definition) is 1. The Morgan fingerprint density at radius 1 is 0.864 bits per heavy atom. The van der Waals surface area contributed by atoms with E-state index in [4.69, 9.17) is 35.8 Å². The van der Waals surface area contributed by atoms with Crippen molar-refractivity contribution in [2.75, 3.05) is 55.8 Å². The number of carbonyl (C=O) groups excluding carboxylic acids is 3. The van der Waals surface area contributed by atoms with E-state index in [0.29, 0.717) is 37.8 Å². The van der Waals surface area contributed by atoms with Gasteiger partial charge in [0.05, 0.1) is 65.4 Å². The van der Waals surface area contributed by atoms with Gasteiger partial charge in [0.15, 0.2) is 5.60 Å². The topological polar surface area (TPSA) is 163 Å². The first kappa shape index (κ1) is 64.7. The standard InChI is InChI=1S/C67H88ClF3N6O9P2/c1-40(2)77(41(3)4)87(82-29-21-25-72)86-45-32-44(7)74(39-45)55(78)24-15-14-17-30-83-88(81,84-31-18-16-26-73-62(80)67(69,70)71)46-33-51-56(54(68)34-46)61(79)85-66(51)52-35-49-42(5)37-63(8,9)75-27-19-22-47(59(49)75)57(52)65(12,13)58-48-23-20-28-76-60(48)50(36-53(58)66)43(6)38-64(76,10)11/h33-38,40-41,44-45H,14-24,26-32,39H2,1-13H3,(H,73,80)/t44-,45-,87?,88?/m1/s1/i7D. The molecule has 88 heavy (non-hydrogen) atoms. The van der Waals surface area contributed by atoms with Gasteiger partial charge in [0.1, 0.15) is 0 Å². The van der Waals surface area contributed by atoms with Crippen molar-refractivity contribution < 1.29 is 56.3 Å². The van der Waals surface area contributed by atoms with Crippen molar-refractivity contribution >= 4 is 73.3 Å². The van der Waals surface area contributed by atoms with Crippen molar-refractivity contribution in [3.05, 3.63) is 97.1 Å². The van der Waals surface area contributed by atoms with Crippen LogP contribution in [0, 0.1) is 11.3 Å². The Morgan fingerprint density at radius 3 is 1.97 bits per heavy atom. The fraction of sp³-hybridized carbons (Fsp3) is 0.612. The van der Waals surface area contributed by atoms with Crippen LogP contribution < -0.4 is 20.4 Å². The number of unbranched alkanes of at least 4 members (excludes halogenated alkanes) is 3. The van der Waals surface area contributed by atoms with Crippen LogP contribution in [0.2, 0.25) is 5.02 Å². The number of allylic oxidation sites excluding steroid dienone is 2. The van der Waals surface area contributed by atoms with Gasteiger partial charge in [0.2, 0.25) is 5.91 Å². The van der Waals surface area contributed by atoms with E-state index in [0.717, 1.165) is 83.3 Å². The van der Waals surface area contributed by atoms with E-state index in [1.807, 2.05) is 5.32 Å². The maximum Gasteiger partial charge on any atom is 0.471 e. The third-order valence-electron chi connectivity index (χ3n) is 18.8. The first-order valence-corrected chi connectivity index (χ1v) is 34.5. The Bertz CT molecular complexity index is 3340. The molecule has 1 N–H and O–H groups in total. The summed E-state index contributed by atoms with van der Waals surface area (Å²) in [6.45, 7) is 27.8. The van der Waals surface area contributed by atoms with E-state index >= 15 is 9.36 Å². The van der Waals surface area contributed by atoms with Crippen LogP contribution in [0.3, 0.4) is 0 Å². The van der Waals surface area contributed by atoms with Gasteiger partial charge in [-0.05, 0) is 192 Å². The molecule has 1 fully saturated rings. The lowest BCUT2D eigenvalue weighted by Crippen LogP contribution is -2.51. The first-order valence-electron chi connectivity index (χ1n) is 32.2. The van der Waals surface area contributed by atoms with Gasteiger partial charge >= 0.3 is 25.6 Å². The van der Waals surface area contributed by atoms with Crippen LogP contribution in [0.15, 0.2) is 36.4 Å². The quantitative estimate of drug-likeness (QED) is 0.0575. The van der Waals surface area contributed by atoms with Gasteiger partial charge in [-0.1, -0.05) is 44.0 Å². The highest BCUT2D eigenvalue weighted by molar-refractivity contribution is 7.62. The second-order valence-corrected chi connectivity index (χ2v) is 30.9. The SMILES string of the molecule is [2H]C[C@@H]1C[C@@H](OP(OCCC#N)N(C(C)C)C(C)C)CN1C(=O)CCCCCOP(=O)(OCCCCNC(=O)C(F)(F)F)c1cc(Cl)c2c(c1)C1(OC2=O)c2cc3c4c(c2C(C)(C)c2c1cc1c5c2CCCN5C(C)(C)C=C1C)CCCN4C(C)(C)C=C3C. The average Bonchev–Trinajstić information content (AvgIpc) is 1.65. The predicted molar refractivity (Wildman–Crippen MR) is 340 cm³/mol. The fourth-order valence-electron chi connectivity index (χ4n) is 15.3. The Hall–Kier alpha value is -4.82. The summed E-state index contributed by atoms with van der Waals surface area (Å²) in [7, 11) is -6.00. The fourth-order valence-corrected chi connectivity index (χ4v) is 19.1. The summed E-state index contributed by atoms with van der Waals surface area (Å²) in [4.78, 5) is 47.6. The molecule has 0 saturated carbocycles. The summed E-state index contributed by atoms with van der Waals surface area (Å²) < 4.78 is 98.5. The molecule has 6 aliphatic heterocycles. The number of fused-ring (bicyclic) bond motifs is 8. The van der Waals surface area contributed by atoms with Crippen LogP contribution in [-0.2, 0) is 60.8 Å². The van der Waals surface area contributed by atoms with E-state index in [1.165, 1.54) is 28.6 Å². The van der Waals surface area contributed by atoms with E-state index < -0.39 is 45.2 Å². The van der Waals surface area contributed by atoms with E-state index in [-0.39, 0.29) is 116 Å². The summed E-state index contributed by atoms with van der Waals surface area (Å²) in [5.41, 5.74) is 10.7. The Morgan fingerprint density at radius 2 is 1.43 bits per heavy atom. The zero-order valence-electron chi connectivity index (χ0n) is 54.2. The van der Waals surface area contributed by atoms with Gasteiger partial charge in [0, 0.05) is 96.7 Å². The molecule has 21 heteroatoms. The number of anilines is 2. The number of halogens is 4. The zero-order chi connectivity index (χ0) is 64.5. The number of nitriles is 1. The number of nitrogens with zero attached hydrogens (tertiary/aromatic N) is 5.